The number of imidazole rings is 1. The zero-order valence-corrected chi connectivity index (χ0v) is 15.5. The van der Waals surface area contributed by atoms with E-state index in [-0.39, 0.29) is 17.6 Å². The molecule has 1 aliphatic carbocycles. The lowest BCUT2D eigenvalue weighted by atomic mass is 9.85. The standard InChI is InChI=1S/C20H24ClN3O2/c21-16-6-7-17(18(25)11-16)20(26)24-9-2-5-15(13-24)19-22-8-10-23(19)12-14-3-1-4-14/h6-8,10-11,14-15,25H,1-5,9,12-13H2. The summed E-state index contributed by atoms with van der Waals surface area (Å²) in [6, 6.07) is 4.66. The molecule has 1 saturated heterocycles. The average Bonchev–Trinajstić information content (AvgIpc) is 3.06. The van der Waals surface area contributed by atoms with Gasteiger partial charge < -0.3 is 14.6 Å². The first-order chi connectivity index (χ1) is 12.6. The number of piperidine rings is 1. The SMILES string of the molecule is O=C(c1ccc(Cl)cc1O)N1CCCC(c2nccn2CC2CCC2)C1. The van der Waals surface area contributed by atoms with Gasteiger partial charge in [0.05, 0.1) is 5.56 Å². The lowest BCUT2D eigenvalue weighted by Crippen LogP contribution is -2.40. The Morgan fingerprint density at radius 1 is 1.27 bits per heavy atom. The molecule has 1 aliphatic heterocycles. The van der Waals surface area contributed by atoms with Gasteiger partial charge in [-0.1, -0.05) is 18.0 Å². The summed E-state index contributed by atoms with van der Waals surface area (Å²) in [4.78, 5) is 19.3. The number of rotatable bonds is 4. The highest BCUT2D eigenvalue weighted by Crippen LogP contribution is 2.32. The number of amides is 1. The second-order valence-corrected chi connectivity index (χ2v) is 7.92. The number of likely N-dealkylation sites (tertiary alicyclic amines) is 1. The summed E-state index contributed by atoms with van der Waals surface area (Å²) in [6.07, 6.45) is 9.88. The Morgan fingerprint density at radius 2 is 2.12 bits per heavy atom. The molecule has 0 spiro atoms. The van der Waals surface area contributed by atoms with Gasteiger partial charge in [-0.15, -0.1) is 0 Å². The van der Waals surface area contributed by atoms with Gasteiger partial charge in [-0.25, -0.2) is 4.98 Å². The number of phenolic OH excluding ortho intramolecular Hbond substituents is 1. The zero-order valence-electron chi connectivity index (χ0n) is 14.8. The molecule has 1 aromatic heterocycles. The minimum atomic E-state index is -0.138. The van der Waals surface area contributed by atoms with Crippen molar-refractivity contribution in [1.82, 2.24) is 14.5 Å². The molecule has 2 heterocycles. The number of hydrogen-bond donors (Lipinski definition) is 1. The molecule has 1 saturated carbocycles. The van der Waals surface area contributed by atoms with Crippen LogP contribution in [0.5, 0.6) is 5.75 Å². The molecule has 1 amide bonds. The summed E-state index contributed by atoms with van der Waals surface area (Å²) in [5.74, 6) is 1.92. The van der Waals surface area contributed by atoms with Crippen molar-refractivity contribution in [3.8, 4) is 5.75 Å². The molecular formula is C20H24ClN3O2. The largest absolute Gasteiger partial charge is 0.507 e. The molecule has 1 N–H and O–H groups in total. The van der Waals surface area contributed by atoms with E-state index in [2.05, 4.69) is 15.7 Å². The first-order valence-corrected chi connectivity index (χ1v) is 9.78. The van der Waals surface area contributed by atoms with Crippen molar-refractivity contribution in [3.05, 3.63) is 47.0 Å². The molecule has 4 rings (SSSR count). The number of carbonyl (C=O) groups is 1. The Labute approximate surface area is 158 Å². The minimum absolute atomic E-state index is 0.0592. The molecule has 0 bridgehead atoms. The minimum Gasteiger partial charge on any atom is -0.507 e. The summed E-state index contributed by atoms with van der Waals surface area (Å²) in [5, 5.41) is 10.5. The van der Waals surface area contributed by atoms with E-state index in [1.54, 1.807) is 12.1 Å². The molecule has 1 aromatic carbocycles. The highest BCUT2D eigenvalue weighted by molar-refractivity contribution is 6.30. The Morgan fingerprint density at radius 3 is 2.85 bits per heavy atom. The normalized spacial score (nSPS) is 20.8. The van der Waals surface area contributed by atoms with Gasteiger partial charge in [0, 0.05) is 43.0 Å². The number of aromatic nitrogens is 2. The van der Waals surface area contributed by atoms with Crippen LogP contribution in [0.3, 0.4) is 0 Å². The van der Waals surface area contributed by atoms with Crippen molar-refractivity contribution in [2.45, 2.75) is 44.6 Å². The highest BCUT2D eigenvalue weighted by atomic mass is 35.5. The second-order valence-electron chi connectivity index (χ2n) is 7.49. The molecule has 2 aliphatic rings. The van der Waals surface area contributed by atoms with Gasteiger partial charge in [0.15, 0.2) is 0 Å². The molecule has 5 nitrogen and oxygen atoms in total. The van der Waals surface area contributed by atoms with Gasteiger partial charge in [-0.2, -0.15) is 0 Å². The van der Waals surface area contributed by atoms with E-state index in [1.165, 1.54) is 25.3 Å². The number of benzene rings is 1. The number of phenols is 1. The van der Waals surface area contributed by atoms with E-state index in [0.29, 0.717) is 23.7 Å². The number of halogens is 1. The van der Waals surface area contributed by atoms with Crippen LogP contribution in [0.1, 0.15) is 54.2 Å². The van der Waals surface area contributed by atoms with Crippen molar-refractivity contribution in [1.29, 1.82) is 0 Å². The van der Waals surface area contributed by atoms with Crippen LogP contribution in [0.25, 0.3) is 0 Å². The molecule has 1 atom stereocenters. The van der Waals surface area contributed by atoms with Crippen molar-refractivity contribution in [3.63, 3.8) is 0 Å². The highest BCUT2D eigenvalue weighted by Gasteiger charge is 2.30. The zero-order chi connectivity index (χ0) is 18.1. The maximum absolute atomic E-state index is 12.9. The van der Waals surface area contributed by atoms with Gasteiger partial charge in [0.1, 0.15) is 11.6 Å². The first-order valence-electron chi connectivity index (χ1n) is 9.40. The van der Waals surface area contributed by atoms with Crippen molar-refractivity contribution in [2.24, 2.45) is 5.92 Å². The van der Waals surface area contributed by atoms with Crippen LogP contribution < -0.4 is 0 Å². The number of carbonyl (C=O) groups excluding carboxylic acids is 1. The van der Waals surface area contributed by atoms with Gasteiger partial charge in [-0.05, 0) is 49.8 Å². The van der Waals surface area contributed by atoms with Gasteiger partial charge >= 0.3 is 0 Å². The molecule has 2 aromatic rings. The van der Waals surface area contributed by atoms with E-state index in [4.69, 9.17) is 11.6 Å². The maximum atomic E-state index is 12.9. The molecule has 0 radical (unpaired) electrons. The first kappa shape index (κ1) is 17.4. The van der Waals surface area contributed by atoms with Crippen molar-refractivity contribution in [2.75, 3.05) is 13.1 Å². The second kappa shape index (κ2) is 7.31. The topological polar surface area (TPSA) is 58.4 Å². The van der Waals surface area contributed by atoms with Gasteiger partial charge in [0.25, 0.3) is 5.91 Å². The summed E-state index contributed by atoms with van der Waals surface area (Å²) in [7, 11) is 0. The van der Waals surface area contributed by atoms with E-state index >= 15 is 0 Å². The van der Waals surface area contributed by atoms with Gasteiger partial charge in [-0.3, -0.25) is 4.79 Å². The van der Waals surface area contributed by atoms with E-state index in [1.807, 2.05) is 11.1 Å². The maximum Gasteiger partial charge on any atom is 0.257 e. The number of hydrogen-bond acceptors (Lipinski definition) is 3. The smallest absolute Gasteiger partial charge is 0.257 e. The number of aromatic hydroxyl groups is 1. The van der Waals surface area contributed by atoms with E-state index < -0.39 is 0 Å². The fourth-order valence-corrected chi connectivity index (χ4v) is 4.18. The van der Waals surface area contributed by atoms with Crippen LogP contribution in [0.4, 0.5) is 0 Å². The molecule has 138 valence electrons. The molecule has 2 fully saturated rings. The predicted molar refractivity (Wildman–Crippen MR) is 101 cm³/mol. The summed E-state index contributed by atoms with van der Waals surface area (Å²) < 4.78 is 2.28. The Bertz CT molecular complexity index is 800. The van der Waals surface area contributed by atoms with Gasteiger partial charge in [0.2, 0.25) is 0 Å². The van der Waals surface area contributed by atoms with E-state index in [0.717, 1.165) is 31.1 Å². The third kappa shape index (κ3) is 3.45. The lowest BCUT2D eigenvalue weighted by Gasteiger charge is -2.34. The van der Waals surface area contributed by atoms with Crippen LogP contribution >= 0.6 is 11.6 Å². The average molecular weight is 374 g/mol. The summed E-state index contributed by atoms with van der Waals surface area (Å²) in [5.41, 5.74) is 0.313. The lowest BCUT2D eigenvalue weighted by molar-refractivity contribution is 0.0699. The monoisotopic (exact) mass is 373 g/mol. The van der Waals surface area contributed by atoms with Crippen LogP contribution in [0.15, 0.2) is 30.6 Å². The third-order valence-corrected chi connectivity index (χ3v) is 5.93. The summed E-state index contributed by atoms with van der Waals surface area (Å²) >= 11 is 5.88. The quantitative estimate of drug-likeness (QED) is 0.879. The molecule has 6 heteroatoms. The number of nitrogens with zero attached hydrogens (tertiary/aromatic N) is 3. The van der Waals surface area contributed by atoms with Crippen molar-refractivity contribution < 1.29 is 9.90 Å². The van der Waals surface area contributed by atoms with Crippen molar-refractivity contribution >= 4 is 17.5 Å². The molecule has 26 heavy (non-hydrogen) atoms. The van der Waals surface area contributed by atoms with Crippen LogP contribution in [0.2, 0.25) is 5.02 Å². The van der Waals surface area contributed by atoms with Crippen LogP contribution in [0, 0.1) is 5.92 Å². The molecular weight excluding hydrogens is 350 g/mol. The third-order valence-electron chi connectivity index (χ3n) is 5.69. The molecule has 1 unspecified atom stereocenters. The fraction of sp³-hybridized carbons (Fsp3) is 0.500. The van der Waals surface area contributed by atoms with Crippen LogP contribution in [-0.2, 0) is 6.54 Å². The predicted octanol–water partition coefficient (Wildman–Crippen LogP) is 4.06. The fourth-order valence-electron chi connectivity index (χ4n) is 4.02. The Balaban J connectivity index is 1.49. The Kier molecular flexibility index (Phi) is 4.90. The van der Waals surface area contributed by atoms with E-state index in [9.17, 15) is 9.90 Å². The Hall–Kier alpha value is -2.01. The van der Waals surface area contributed by atoms with Crippen LogP contribution in [-0.4, -0.2) is 38.6 Å². The summed E-state index contributed by atoms with van der Waals surface area (Å²) in [6.45, 7) is 2.39.